The average Bonchev–Trinajstić information content (AvgIpc) is 2.80. The third kappa shape index (κ3) is 2.56. The summed E-state index contributed by atoms with van der Waals surface area (Å²) in [4.78, 5) is 14.8. The molecule has 4 atom stereocenters. The number of rotatable bonds is 4. The Kier molecular flexibility index (Phi) is 4.30. The highest BCUT2D eigenvalue weighted by molar-refractivity contribution is 5.75. The second-order valence-electron chi connectivity index (χ2n) is 6.23. The van der Waals surface area contributed by atoms with Gasteiger partial charge in [0.15, 0.2) is 0 Å². The molecular formula is C18H22FNO2. The predicted octanol–water partition coefficient (Wildman–Crippen LogP) is 3.12. The maximum Gasteiger partial charge on any atom is 0.310 e. The number of nitrogens with zero attached hydrogens (tertiary/aromatic N) is 1. The first-order chi connectivity index (χ1) is 10.7. The predicted molar refractivity (Wildman–Crippen MR) is 83.0 cm³/mol. The number of benzene rings is 1. The highest BCUT2D eigenvalue weighted by atomic mass is 19.1. The van der Waals surface area contributed by atoms with Gasteiger partial charge < -0.3 is 4.74 Å². The van der Waals surface area contributed by atoms with Crippen molar-refractivity contribution < 1.29 is 13.9 Å². The Morgan fingerprint density at radius 1 is 1.41 bits per heavy atom. The number of hydrogen-bond acceptors (Lipinski definition) is 3. The summed E-state index contributed by atoms with van der Waals surface area (Å²) in [5, 5.41) is 0. The van der Waals surface area contributed by atoms with E-state index in [1.165, 1.54) is 19.2 Å². The first kappa shape index (κ1) is 15.2. The van der Waals surface area contributed by atoms with Crippen molar-refractivity contribution in [3.63, 3.8) is 0 Å². The summed E-state index contributed by atoms with van der Waals surface area (Å²) < 4.78 is 18.3. The maximum atomic E-state index is 13.2. The Labute approximate surface area is 130 Å². The molecule has 2 saturated heterocycles. The van der Waals surface area contributed by atoms with Crippen LogP contribution in [-0.4, -0.2) is 36.6 Å². The molecule has 1 aromatic rings. The summed E-state index contributed by atoms with van der Waals surface area (Å²) in [5.41, 5.74) is 1.03. The summed E-state index contributed by atoms with van der Waals surface area (Å²) in [6.45, 7) is 4.63. The van der Waals surface area contributed by atoms with Crippen molar-refractivity contribution in [1.29, 1.82) is 0 Å². The van der Waals surface area contributed by atoms with E-state index < -0.39 is 0 Å². The number of carbonyl (C=O) groups excluding carboxylic acids is 1. The van der Waals surface area contributed by atoms with Crippen LogP contribution < -0.4 is 0 Å². The van der Waals surface area contributed by atoms with Crippen molar-refractivity contribution in [3.8, 4) is 0 Å². The van der Waals surface area contributed by atoms with E-state index in [2.05, 4.69) is 11.5 Å². The fraction of sp³-hybridized carbons (Fsp3) is 0.500. The van der Waals surface area contributed by atoms with Gasteiger partial charge >= 0.3 is 5.97 Å². The number of halogens is 1. The Morgan fingerprint density at radius 2 is 2.14 bits per heavy atom. The summed E-state index contributed by atoms with van der Waals surface area (Å²) in [5.74, 6) is -0.486. The summed E-state index contributed by atoms with van der Waals surface area (Å²) in [6.07, 6.45) is 4.92. The smallest absolute Gasteiger partial charge is 0.310 e. The zero-order valence-corrected chi connectivity index (χ0v) is 12.9. The lowest BCUT2D eigenvalue weighted by Gasteiger charge is -2.43. The van der Waals surface area contributed by atoms with E-state index in [1.807, 2.05) is 6.08 Å². The molecule has 0 spiro atoms. The topological polar surface area (TPSA) is 29.5 Å². The van der Waals surface area contributed by atoms with Gasteiger partial charge in [0, 0.05) is 24.5 Å². The van der Waals surface area contributed by atoms with Gasteiger partial charge in [0.05, 0.1) is 13.0 Å². The minimum atomic E-state index is -0.245. The Morgan fingerprint density at radius 3 is 2.77 bits per heavy atom. The molecule has 2 fully saturated rings. The molecular weight excluding hydrogens is 281 g/mol. The van der Waals surface area contributed by atoms with E-state index in [0.29, 0.717) is 6.04 Å². The van der Waals surface area contributed by atoms with Gasteiger partial charge in [0.2, 0.25) is 0 Å². The molecule has 22 heavy (non-hydrogen) atoms. The standard InChI is InChI=1S/C18H22FNO2/c1-3-10-20-14-8-9-16(20)17(18(21)22-2)15(11-14)12-4-6-13(19)7-5-12/h3-7,14-17H,1,8-11H2,2H3/t14?,15-,16?,17?/m1/s1. The third-order valence-corrected chi connectivity index (χ3v) is 5.18. The highest BCUT2D eigenvalue weighted by Crippen LogP contribution is 2.47. The third-order valence-electron chi connectivity index (χ3n) is 5.18. The van der Waals surface area contributed by atoms with E-state index in [1.54, 1.807) is 12.1 Å². The Balaban J connectivity index is 1.94. The monoisotopic (exact) mass is 303 g/mol. The molecule has 0 saturated carbocycles. The number of carbonyl (C=O) groups is 1. The van der Waals surface area contributed by atoms with Crippen LogP contribution in [0.25, 0.3) is 0 Å². The minimum absolute atomic E-state index is 0.103. The van der Waals surface area contributed by atoms with Crippen molar-refractivity contribution >= 4 is 5.97 Å². The summed E-state index contributed by atoms with van der Waals surface area (Å²) in [7, 11) is 1.45. The molecule has 2 aliphatic heterocycles. The molecule has 4 heteroatoms. The van der Waals surface area contributed by atoms with E-state index in [-0.39, 0.29) is 29.7 Å². The second-order valence-corrected chi connectivity index (χ2v) is 6.23. The molecule has 2 aliphatic rings. The van der Waals surface area contributed by atoms with Crippen LogP contribution in [0.15, 0.2) is 36.9 Å². The average molecular weight is 303 g/mol. The number of hydrogen-bond donors (Lipinski definition) is 0. The molecule has 2 bridgehead atoms. The molecule has 3 nitrogen and oxygen atoms in total. The number of ether oxygens (including phenoxy) is 1. The van der Waals surface area contributed by atoms with E-state index in [9.17, 15) is 9.18 Å². The van der Waals surface area contributed by atoms with Crippen LogP contribution in [0.5, 0.6) is 0 Å². The van der Waals surface area contributed by atoms with E-state index in [0.717, 1.165) is 31.4 Å². The SMILES string of the molecule is C=CCN1C2CCC1C(C(=O)OC)[C@@H](c1ccc(F)cc1)C2. The lowest BCUT2D eigenvalue weighted by atomic mass is 9.76. The lowest BCUT2D eigenvalue weighted by molar-refractivity contribution is -0.150. The number of methoxy groups -OCH3 is 1. The van der Waals surface area contributed by atoms with Crippen molar-refractivity contribution in [1.82, 2.24) is 4.90 Å². The molecule has 0 amide bonds. The fourth-order valence-corrected chi connectivity index (χ4v) is 4.26. The van der Waals surface area contributed by atoms with Gasteiger partial charge in [-0.1, -0.05) is 18.2 Å². The molecule has 0 aliphatic carbocycles. The largest absolute Gasteiger partial charge is 0.469 e. The maximum absolute atomic E-state index is 13.2. The van der Waals surface area contributed by atoms with Gasteiger partial charge in [-0.25, -0.2) is 4.39 Å². The zero-order valence-electron chi connectivity index (χ0n) is 12.9. The quantitative estimate of drug-likeness (QED) is 0.632. The van der Waals surface area contributed by atoms with Crippen LogP contribution in [0, 0.1) is 11.7 Å². The molecule has 3 unspecified atom stereocenters. The van der Waals surface area contributed by atoms with E-state index in [4.69, 9.17) is 4.74 Å². The van der Waals surface area contributed by atoms with Gasteiger partial charge in [-0.05, 0) is 37.0 Å². The van der Waals surface area contributed by atoms with Crippen LogP contribution in [0.4, 0.5) is 4.39 Å². The Hall–Kier alpha value is -1.68. The molecule has 0 N–H and O–H groups in total. The van der Waals surface area contributed by atoms with Crippen molar-refractivity contribution in [2.24, 2.45) is 5.92 Å². The second kappa shape index (κ2) is 6.21. The summed E-state index contributed by atoms with van der Waals surface area (Å²) >= 11 is 0. The molecule has 0 aromatic heterocycles. The molecule has 118 valence electrons. The van der Waals surface area contributed by atoms with Crippen molar-refractivity contribution in [2.45, 2.75) is 37.3 Å². The van der Waals surface area contributed by atoms with Gasteiger partial charge in [0.1, 0.15) is 5.82 Å². The zero-order chi connectivity index (χ0) is 15.7. The fourth-order valence-electron chi connectivity index (χ4n) is 4.26. The normalized spacial score (nSPS) is 31.0. The number of piperidine rings is 1. The molecule has 1 aromatic carbocycles. The molecule has 0 radical (unpaired) electrons. The van der Waals surface area contributed by atoms with Crippen LogP contribution in [0.3, 0.4) is 0 Å². The van der Waals surface area contributed by atoms with Gasteiger partial charge in [0.25, 0.3) is 0 Å². The minimum Gasteiger partial charge on any atom is -0.469 e. The van der Waals surface area contributed by atoms with Crippen LogP contribution in [0.1, 0.15) is 30.7 Å². The summed E-state index contributed by atoms with van der Waals surface area (Å²) in [6, 6.07) is 7.22. The number of esters is 1. The highest BCUT2D eigenvalue weighted by Gasteiger charge is 2.50. The van der Waals surface area contributed by atoms with Gasteiger partial charge in [-0.2, -0.15) is 0 Å². The lowest BCUT2D eigenvalue weighted by Crippen LogP contribution is -2.50. The van der Waals surface area contributed by atoms with Crippen LogP contribution >= 0.6 is 0 Å². The Bertz CT molecular complexity index is 557. The first-order valence-electron chi connectivity index (χ1n) is 7.85. The molecule has 2 heterocycles. The van der Waals surface area contributed by atoms with Crippen LogP contribution in [-0.2, 0) is 9.53 Å². The van der Waals surface area contributed by atoms with E-state index >= 15 is 0 Å². The first-order valence-corrected chi connectivity index (χ1v) is 7.85. The van der Waals surface area contributed by atoms with Crippen molar-refractivity contribution in [2.75, 3.05) is 13.7 Å². The van der Waals surface area contributed by atoms with Crippen LogP contribution in [0.2, 0.25) is 0 Å². The molecule has 3 rings (SSSR count). The number of fused-ring (bicyclic) bond motifs is 2. The van der Waals surface area contributed by atoms with Gasteiger partial charge in [-0.3, -0.25) is 9.69 Å². The van der Waals surface area contributed by atoms with Gasteiger partial charge in [-0.15, -0.1) is 6.58 Å². The van der Waals surface area contributed by atoms with Crippen molar-refractivity contribution in [3.05, 3.63) is 48.3 Å².